The van der Waals surface area contributed by atoms with Gasteiger partial charge >= 0.3 is 11.9 Å². The maximum atomic E-state index is 11.8. The first kappa shape index (κ1) is 16.3. The smallest absolute Gasteiger partial charge is 0.331 e. The van der Waals surface area contributed by atoms with Gasteiger partial charge in [0.15, 0.2) is 0 Å². The average Bonchev–Trinajstić information content (AvgIpc) is 3.24. The first-order valence-corrected chi connectivity index (χ1v) is 7.37. The summed E-state index contributed by atoms with van der Waals surface area (Å²) in [6, 6.07) is 7.61. The van der Waals surface area contributed by atoms with Gasteiger partial charge in [-0.1, -0.05) is 24.3 Å². The summed E-state index contributed by atoms with van der Waals surface area (Å²) in [4.78, 5) is 23.5. The summed E-state index contributed by atoms with van der Waals surface area (Å²) in [7, 11) is 1.42. The highest BCUT2D eigenvalue weighted by Gasteiger charge is 2.52. The molecule has 1 fully saturated rings. The van der Waals surface area contributed by atoms with Crippen molar-refractivity contribution >= 4 is 18.0 Å². The Labute approximate surface area is 131 Å². The van der Waals surface area contributed by atoms with Gasteiger partial charge in [0, 0.05) is 6.08 Å². The van der Waals surface area contributed by atoms with Crippen LogP contribution < -0.4 is 0 Å². The minimum atomic E-state index is -0.496. The third-order valence-electron chi connectivity index (χ3n) is 3.61. The summed E-state index contributed by atoms with van der Waals surface area (Å²) in [6.07, 6.45) is 4.77. The van der Waals surface area contributed by atoms with Crippen LogP contribution in [0.2, 0.25) is 0 Å². The van der Waals surface area contributed by atoms with Gasteiger partial charge in [0.1, 0.15) is 5.60 Å². The summed E-state index contributed by atoms with van der Waals surface area (Å²) in [5.74, 6) is -0.547. The third-order valence-corrected chi connectivity index (χ3v) is 3.61. The van der Waals surface area contributed by atoms with Crippen molar-refractivity contribution in [1.82, 2.24) is 0 Å². The Morgan fingerprint density at radius 2 is 1.73 bits per heavy atom. The molecule has 118 valence electrons. The number of esters is 2. The predicted molar refractivity (Wildman–Crippen MR) is 84.2 cm³/mol. The Morgan fingerprint density at radius 1 is 1.14 bits per heavy atom. The molecule has 0 bridgehead atoms. The minimum absolute atomic E-state index is 0.176. The molecule has 1 saturated carbocycles. The van der Waals surface area contributed by atoms with Crippen molar-refractivity contribution in [2.45, 2.75) is 44.6 Å². The highest BCUT2D eigenvalue weighted by molar-refractivity contribution is 5.88. The summed E-state index contributed by atoms with van der Waals surface area (Å²) in [5, 5.41) is 0. The van der Waals surface area contributed by atoms with Gasteiger partial charge in [-0.25, -0.2) is 4.79 Å². The molecule has 1 aliphatic carbocycles. The van der Waals surface area contributed by atoms with E-state index in [2.05, 4.69) is 0 Å². The fraction of sp³-hybridized carbons (Fsp3) is 0.444. The highest BCUT2D eigenvalue weighted by atomic mass is 16.6. The summed E-state index contributed by atoms with van der Waals surface area (Å²) < 4.78 is 10.1. The Bertz CT molecular complexity index is 587. The molecule has 0 aromatic heterocycles. The lowest BCUT2D eigenvalue weighted by Crippen LogP contribution is -2.22. The Hall–Kier alpha value is -2.10. The van der Waals surface area contributed by atoms with E-state index in [1.165, 1.54) is 13.2 Å². The monoisotopic (exact) mass is 302 g/mol. The number of rotatable bonds is 4. The first-order valence-electron chi connectivity index (χ1n) is 7.37. The number of carbonyl (C=O) groups excluding carboxylic acids is 2. The predicted octanol–water partition coefficient (Wildman–Crippen LogP) is 3.25. The van der Waals surface area contributed by atoms with Crippen LogP contribution in [0.3, 0.4) is 0 Å². The van der Waals surface area contributed by atoms with Crippen LogP contribution in [0, 0.1) is 0 Å². The lowest BCUT2D eigenvalue weighted by molar-refractivity contribution is -0.148. The molecule has 0 amide bonds. The number of hydrogen-bond acceptors (Lipinski definition) is 4. The fourth-order valence-corrected chi connectivity index (χ4v) is 2.34. The molecule has 0 saturated heterocycles. The number of benzene rings is 1. The van der Waals surface area contributed by atoms with Crippen molar-refractivity contribution in [3.8, 4) is 0 Å². The first-order chi connectivity index (χ1) is 10.3. The van der Waals surface area contributed by atoms with Crippen molar-refractivity contribution in [1.29, 1.82) is 0 Å². The molecule has 4 nitrogen and oxygen atoms in total. The second-order valence-electron chi connectivity index (χ2n) is 6.56. The van der Waals surface area contributed by atoms with Gasteiger partial charge in [0.05, 0.1) is 12.5 Å². The molecular formula is C18H22O4. The Kier molecular flexibility index (Phi) is 4.40. The summed E-state index contributed by atoms with van der Waals surface area (Å²) >= 11 is 0. The molecule has 0 unspecified atom stereocenters. The van der Waals surface area contributed by atoms with Crippen molar-refractivity contribution in [2.24, 2.45) is 0 Å². The molecule has 0 aliphatic heterocycles. The van der Waals surface area contributed by atoms with E-state index in [-0.39, 0.29) is 11.9 Å². The quantitative estimate of drug-likeness (QED) is 0.633. The average molecular weight is 302 g/mol. The van der Waals surface area contributed by atoms with Crippen LogP contribution in [0.15, 0.2) is 30.3 Å². The van der Waals surface area contributed by atoms with Crippen LogP contribution in [0.4, 0.5) is 0 Å². The second-order valence-corrected chi connectivity index (χ2v) is 6.56. The van der Waals surface area contributed by atoms with Gasteiger partial charge in [0.2, 0.25) is 0 Å². The van der Waals surface area contributed by atoms with Crippen LogP contribution in [0.5, 0.6) is 0 Å². The van der Waals surface area contributed by atoms with Crippen molar-refractivity contribution in [3.05, 3.63) is 41.5 Å². The number of carbonyl (C=O) groups is 2. The maximum absolute atomic E-state index is 11.8. The van der Waals surface area contributed by atoms with E-state index in [9.17, 15) is 9.59 Å². The van der Waals surface area contributed by atoms with Gasteiger partial charge in [-0.2, -0.15) is 0 Å². The molecule has 1 aliphatic rings. The second kappa shape index (κ2) is 5.95. The van der Waals surface area contributed by atoms with E-state index in [0.29, 0.717) is 0 Å². The van der Waals surface area contributed by atoms with Crippen LogP contribution in [-0.4, -0.2) is 24.6 Å². The minimum Gasteiger partial charge on any atom is -0.468 e. The number of ether oxygens (including phenoxy) is 2. The van der Waals surface area contributed by atoms with Crippen LogP contribution in [-0.2, 0) is 24.5 Å². The molecule has 2 rings (SSSR count). The lowest BCUT2D eigenvalue weighted by atomic mass is 9.95. The SMILES string of the molecule is COC(=O)C1(c2ccc(C=CC(=O)OC(C)(C)C)cc2)CC1. The molecule has 22 heavy (non-hydrogen) atoms. The van der Waals surface area contributed by atoms with Gasteiger partial charge in [-0.05, 0) is 50.8 Å². The molecule has 4 heteroatoms. The summed E-state index contributed by atoms with van der Waals surface area (Å²) in [6.45, 7) is 5.49. The van der Waals surface area contributed by atoms with E-state index in [4.69, 9.17) is 9.47 Å². The molecule has 0 radical (unpaired) electrons. The molecule has 0 atom stereocenters. The van der Waals surface area contributed by atoms with E-state index in [1.54, 1.807) is 6.08 Å². The van der Waals surface area contributed by atoms with Gasteiger partial charge in [0.25, 0.3) is 0 Å². The summed E-state index contributed by atoms with van der Waals surface area (Å²) in [5.41, 5.74) is 0.899. The highest BCUT2D eigenvalue weighted by Crippen LogP contribution is 2.49. The van der Waals surface area contributed by atoms with Gasteiger partial charge in [-0.3, -0.25) is 4.79 Å². The van der Waals surface area contributed by atoms with Crippen LogP contribution >= 0.6 is 0 Å². The largest absolute Gasteiger partial charge is 0.468 e. The zero-order valence-corrected chi connectivity index (χ0v) is 13.5. The van der Waals surface area contributed by atoms with Crippen molar-refractivity contribution < 1.29 is 19.1 Å². The molecule has 1 aromatic carbocycles. The maximum Gasteiger partial charge on any atom is 0.331 e. The Morgan fingerprint density at radius 3 is 2.18 bits per heavy atom. The normalized spacial score (nSPS) is 16.4. The van der Waals surface area contributed by atoms with E-state index < -0.39 is 11.0 Å². The zero-order chi connectivity index (χ0) is 16.4. The van der Waals surface area contributed by atoms with E-state index in [0.717, 1.165) is 24.0 Å². The topological polar surface area (TPSA) is 52.6 Å². The van der Waals surface area contributed by atoms with Crippen molar-refractivity contribution in [2.75, 3.05) is 7.11 Å². The number of methoxy groups -OCH3 is 1. The van der Waals surface area contributed by atoms with Crippen LogP contribution in [0.1, 0.15) is 44.7 Å². The lowest BCUT2D eigenvalue weighted by Gasteiger charge is -2.17. The van der Waals surface area contributed by atoms with E-state index >= 15 is 0 Å². The molecule has 0 N–H and O–H groups in total. The van der Waals surface area contributed by atoms with E-state index in [1.807, 2.05) is 45.0 Å². The van der Waals surface area contributed by atoms with Crippen LogP contribution in [0.25, 0.3) is 6.08 Å². The van der Waals surface area contributed by atoms with Gasteiger partial charge in [-0.15, -0.1) is 0 Å². The standard InChI is InChI=1S/C18H22O4/c1-17(2,3)22-15(19)10-7-13-5-8-14(9-6-13)18(11-12-18)16(20)21-4/h5-10H,11-12H2,1-4H3. The van der Waals surface area contributed by atoms with Gasteiger partial charge < -0.3 is 9.47 Å². The molecular weight excluding hydrogens is 280 g/mol. The Balaban J connectivity index is 2.04. The molecule has 0 heterocycles. The number of hydrogen-bond donors (Lipinski definition) is 0. The molecule has 1 aromatic rings. The van der Waals surface area contributed by atoms with Crippen molar-refractivity contribution in [3.63, 3.8) is 0 Å². The third kappa shape index (κ3) is 3.75. The molecule has 0 spiro atoms. The zero-order valence-electron chi connectivity index (χ0n) is 13.5. The fourth-order valence-electron chi connectivity index (χ4n) is 2.34.